The van der Waals surface area contributed by atoms with Crippen LogP contribution in [0.5, 0.6) is 0 Å². The molecule has 1 heteroatoms. The quantitative estimate of drug-likeness (QED) is 0.775. The van der Waals surface area contributed by atoms with Gasteiger partial charge in [0.15, 0.2) is 0 Å². The van der Waals surface area contributed by atoms with Gasteiger partial charge >= 0.3 is 0 Å². The van der Waals surface area contributed by atoms with Crippen LogP contribution >= 0.6 is 0 Å². The molecule has 15 heavy (non-hydrogen) atoms. The van der Waals surface area contributed by atoms with E-state index in [1.807, 2.05) is 0 Å². The molecule has 1 aliphatic heterocycles. The van der Waals surface area contributed by atoms with E-state index in [0.29, 0.717) is 0 Å². The normalized spacial score (nSPS) is 23.5. The second-order valence-corrected chi connectivity index (χ2v) is 5.57. The van der Waals surface area contributed by atoms with E-state index in [9.17, 15) is 0 Å². The highest BCUT2D eigenvalue weighted by Crippen LogP contribution is 2.49. The van der Waals surface area contributed by atoms with E-state index >= 15 is 0 Å². The van der Waals surface area contributed by atoms with Crippen LogP contribution in [-0.4, -0.2) is 13.1 Å². The Kier molecular flexibility index (Phi) is 2.10. The molecule has 1 spiro atoms. The van der Waals surface area contributed by atoms with Gasteiger partial charge in [0.2, 0.25) is 0 Å². The fourth-order valence-electron chi connectivity index (χ4n) is 3.25. The SMILES string of the molecule is Cc1cccc(CC2CC3(CNC3)C2)c1. The number of hydrogen-bond donors (Lipinski definition) is 1. The summed E-state index contributed by atoms with van der Waals surface area (Å²) in [5.74, 6) is 0.953. The zero-order valence-corrected chi connectivity index (χ0v) is 9.42. The molecule has 0 radical (unpaired) electrons. The summed E-state index contributed by atoms with van der Waals surface area (Å²) in [6.45, 7) is 4.73. The second-order valence-electron chi connectivity index (χ2n) is 5.57. The smallest absolute Gasteiger partial charge is 0.00204 e. The summed E-state index contributed by atoms with van der Waals surface area (Å²) in [6, 6.07) is 8.98. The lowest BCUT2D eigenvalue weighted by atomic mass is 9.57. The molecule has 0 atom stereocenters. The molecule has 0 aromatic heterocycles. The summed E-state index contributed by atoms with van der Waals surface area (Å²) < 4.78 is 0. The number of aryl methyl sites for hydroxylation is 1. The molecule has 0 bridgehead atoms. The fraction of sp³-hybridized carbons (Fsp3) is 0.571. The lowest BCUT2D eigenvalue weighted by Gasteiger charge is -2.54. The maximum atomic E-state index is 3.40. The maximum Gasteiger partial charge on any atom is 0.00204 e. The van der Waals surface area contributed by atoms with Crippen LogP contribution < -0.4 is 5.32 Å². The molecule has 1 heterocycles. The minimum absolute atomic E-state index is 0.731. The van der Waals surface area contributed by atoms with Gasteiger partial charge in [-0.25, -0.2) is 0 Å². The Hall–Kier alpha value is -0.820. The average Bonchev–Trinajstić information content (AvgIpc) is 2.07. The Morgan fingerprint density at radius 2 is 2.13 bits per heavy atom. The lowest BCUT2D eigenvalue weighted by Crippen LogP contribution is -2.60. The van der Waals surface area contributed by atoms with Gasteiger partial charge in [-0.15, -0.1) is 0 Å². The van der Waals surface area contributed by atoms with Gasteiger partial charge < -0.3 is 5.32 Å². The first kappa shape index (κ1) is 9.41. The molecular weight excluding hydrogens is 182 g/mol. The van der Waals surface area contributed by atoms with Gasteiger partial charge in [-0.2, -0.15) is 0 Å². The molecule has 1 N–H and O–H groups in total. The summed E-state index contributed by atoms with van der Waals surface area (Å²) in [5, 5.41) is 3.40. The third-order valence-corrected chi connectivity index (χ3v) is 4.05. The van der Waals surface area contributed by atoms with E-state index < -0.39 is 0 Å². The predicted octanol–water partition coefficient (Wildman–Crippen LogP) is 2.54. The first-order chi connectivity index (χ1) is 7.26. The molecule has 0 unspecified atom stereocenters. The summed E-state index contributed by atoms with van der Waals surface area (Å²) >= 11 is 0. The minimum Gasteiger partial charge on any atom is -0.316 e. The van der Waals surface area contributed by atoms with Crippen LogP contribution in [0.1, 0.15) is 24.0 Å². The largest absolute Gasteiger partial charge is 0.316 e. The standard InChI is InChI=1S/C14H19N/c1-11-3-2-4-12(5-11)6-13-7-14(8-13)9-15-10-14/h2-5,13,15H,6-10H2,1H3. The lowest BCUT2D eigenvalue weighted by molar-refractivity contribution is 0.000890. The molecule has 3 rings (SSSR count). The van der Waals surface area contributed by atoms with Crippen molar-refractivity contribution >= 4 is 0 Å². The first-order valence-corrected chi connectivity index (χ1v) is 6.02. The maximum absolute atomic E-state index is 3.40. The van der Waals surface area contributed by atoms with Crippen molar-refractivity contribution in [1.82, 2.24) is 5.32 Å². The van der Waals surface area contributed by atoms with Crippen LogP contribution in [0.2, 0.25) is 0 Å². The van der Waals surface area contributed by atoms with Gasteiger partial charge in [0.1, 0.15) is 0 Å². The van der Waals surface area contributed by atoms with Crippen molar-refractivity contribution in [2.24, 2.45) is 11.3 Å². The highest BCUT2D eigenvalue weighted by molar-refractivity contribution is 5.23. The topological polar surface area (TPSA) is 12.0 Å². The third-order valence-electron chi connectivity index (χ3n) is 4.05. The average molecular weight is 201 g/mol. The number of benzene rings is 1. The highest BCUT2D eigenvalue weighted by Gasteiger charge is 2.47. The van der Waals surface area contributed by atoms with E-state index in [-0.39, 0.29) is 0 Å². The molecule has 1 aliphatic carbocycles. The summed E-state index contributed by atoms with van der Waals surface area (Å²) in [5.41, 5.74) is 3.66. The van der Waals surface area contributed by atoms with Gasteiger partial charge in [0.25, 0.3) is 0 Å². The highest BCUT2D eigenvalue weighted by atomic mass is 15.0. The Bertz CT molecular complexity index is 357. The monoisotopic (exact) mass is 201 g/mol. The van der Waals surface area contributed by atoms with Crippen molar-refractivity contribution in [3.63, 3.8) is 0 Å². The molecule has 80 valence electrons. The number of nitrogens with one attached hydrogen (secondary N) is 1. The van der Waals surface area contributed by atoms with Crippen molar-refractivity contribution in [2.75, 3.05) is 13.1 Å². The van der Waals surface area contributed by atoms with Crippen molar-refractivity contribution in [3.05, 3.63) is 35.4 Å². The van der Waals surface area contributed by atoms with Crippen LogP contribution in [0, 0.1) is 18.3 Å². The van der Waals surface area contributed by atoms with Gasteiger partial charge in [0.05, 0.1) is 0 Å². The molecule has 0 amide bonds. The number of hydrogen-bond acceptors (Lipinski definition) is 1. The van der Waals surface area contributed by atoms with Crippen molar-refractivity contribution in [1.29, 1.82) is 0 Å². The first-order valence-electron chi connectivity index (χ1n) is 6.02. The molecule has 2 aliphatic rings. The molecule has 1 aromatic rings. The van der Waals surface area contributed by atoms with Crippen LogP contribution in [0.4, 0.5) is 0 Å². The van der Waals surface area contributed by atoms with E-state index in [4.69, 9.17) is 0 Å². The van der Waals surface area contributed by atoms with Crippen molar-refractivity contribution < 1.29 is 0 Å². The van der Waals surface area contributed by atoms with Crippen LogP contribution in [0.15, 0.2) is 24.3 Å². The van der Waals surface area contributed by atoms with Gasteiger partial charge in [0, 0.05) is 13.1 Å². The number of rotatable bonds is 2. The van der Waals surface area contributed by atoms with Crippen LogP contribution in [-0.2, 0) is 6.42 Å². The molecule has 1 nitrogen and oxygen atoms in total. The molecule has 1 saturated carbocycles. The van der Waals surface area contributed by atoms with Crippen molar-refractivity contribution in [2.45, 2.75) is 26.2 Å². The van der Waals surface area contributed by atoms with Crippen LogP contribution in [0.3, 0.4) is 0 Å². The van der Waals surface area contributed by atoms with Crippen molar-refractivity contribution in [3.8, 4) is 0 Å². The summed E-state index contributed by atoms with van der Waals surface area (Å²) in [4.78, 5) is 0. The minimum atomic E-state index is 0.731. The Labute approximate surface area is 91.9 Å². The fourth-order valence-corrected chi connectivity index (χ4v) is 3.25. The van der Waals surface area contributed by atoms with E-state index in [2.05, 4.69) is 36.5 Å². The van der Waals surface area contributed by atoms with Gasteiger partial charge in [-0.05, 0) is 43.1 Å². The molecule has 1 aromatic carbocycles. The van der Waals surface area contributed by atoms with E-state index in [1.165, 1.54) is 43.5 Å². The predicted molar refractivity (Wildman–Crippen MR) is 62.9 cm³/mol. The summed E-state index contributed by atoms with van der Waals surface area (Å²) in [6.07, 6.45) is 4.20. The second kappa shape index (κ2) is 3.34. The molecule has 1 saturated heterocycles. The molecular formula is C14H19N. The zero-order valence-electron chi connectivity index (χ0n) is 9.42. The Morgan fingerprint density at radius 1 is 1.33 bits per heavy atom. The molecule has 2 fully saturated rings. The summed E-state index contributed by atoms with van der Waals surface area (Å²) in [7, 11) is 0. The van der Waals surface area contributed by atoms with Crippen LogP contribution in [0.25, 0.3) is 0 Å². The van der Waals surface area contributed by atoms with E-state index in [1.54, 1.807) is 0 Å². The van der Waals surface area contributed by atoms with Gasteiger partial charge in [-0.1, -0.05) is 29.8 Å². The van der Waals surface area contributed by atoms with Gasteiger partial charge in [-0.3, -0.25) is 0 Å². The Morgan fingerprint density at radius 3 is 2.73 bits per heavy atom. The van der Waals surface area contributed by atoms with E-state index in [0.717, 1.165) is 11.3 Å². The Balaban J connectivity index is 1.58. The zero-order chi connectivity index (χ0) is 10.3. The third kappa shape index (κ3) is 1.69.